The molecule has 0 N–H and O–H groups in total. The average Bonchev–Trinajstić information content (AvgIpc) is 3.17. The highest BCUT2D eigenvalue weighted by Crippen LogP contribution is 2.34. The number of hydrogen-bond acceptors (Lipinski definition) is 4. The van der Waals surface area contributed by atoms with Crippen LogP contribution in [0.1, 0.15) is 55.2 Å². The van der Waals surface area contributed by atoms with E-state index in [-0.39, 0.29) is 0 Å². The summed E-state index contributed by atoms with van der Waals surface area (Å²) in [6.07, 6.45) is 14.7. The van der Waals surface area contributed by atoms with Crippen LogP contribution in [0.15, 0.2) is 36.5 Å². The molecular weight excluding hydrogens is 381 g/mol. The molecule has 5 heteroatoms. The lowest BCUT2D eigenvalue weighted by atomic mass is 9.95. The number of rotatable bonds is 4. The smallest absolute Gasteiger partial charge is 0.206 e. The van der Waals surface area contributed by atoms with Crippen LogP contribution in [0.4, 0.5) is 5.69 Å². The molecular formula is C26H31N5. The fourth-order valence-corrected chi connectivity index (χ4v) is 5.11. The van der Waals surface area contributed by atoms with Crippen LogP contribution in [-0.4, -0.2) is 52.7 Å². The zero-order chi connectivity index (χ0) is 21.2. The molecule has 1 aliphatic heterocycles. The molecule has 0 bridgehead atoms. The predicted molar refractivity (Wildman–Crippen MR) is 127 cm³/mol. The quantitative estimate of drug-likeness (QED) is 0.600. The van der Waals surface area contributed by atoms with Crippen molar-refractivity contribution in [3.8, 4) is 12.3 Å². The Morgan fingerprint density at radius 2 is 1.77 bits per heavy atom. The first kappa shape index (κ1) is 20.1. The lowest BCUT2D eigenvalue weighted by Crippen LogP contribution is -2.44. The number of benzene rings is 1. The molecule has 0 unspecified atom stereocenters. The van der Waals surface area contributed by atoms with Gasteiger partial charge in [-0.05, 0) is 49.6 Å². The minimum absolute atomic E-state index is 0.478. The highest BCUT2D eigenvalue weighted by Gasteiger charge is 2.22. The van der Waals surface area contributed by atoms with Crippen LogP contribution in [0.5, 0.6) is 0 Å². The summed E-state index contributed by atoms with van der Waals surface area (Å²) in [5.74, 6) is 3.08. The highest BCUT2D eigenvalue weighted by atomic mass is 15.2. The van der Waals surface area contributed by atoms with Gasteiger partial charge < -0.3 is 14.4 Å². The maximum Gasteiger partial charge on any atom is 0.206 e. The molecule has 1 aliphatic carbocycles. The molecule has 0 radical (unpaired) electrons. The first-order valence-electron chi connectivity index (χ1n) is 11.6. The summed E-state index contributed by atoms with van der Waals surface area (Å²) < 4.78 is 2.46. The van der Waals surface area contributed by atoms with E-state index in [2.05, 4.69) is 62.7 Å². The third-order valence-corrected chi connectivity index (χ3v) is 6.91. The van der Waals surface area contributed by atoms with Crippen LogP contribution in [0.2, 0.25) is 0 Å². The largest absolute Gasteiger partial charge is 0.369 e. The number of anilines is 1. The second-order valence-corrected chi connectivity index (χ2v) is 9.05. The van der Waals surface area contributed by atoms with Crippen LogP contribution in [0, 0.1) is 12.3 Å². The molecule has 3 aromatic rings. The molecule has 160 valence electrons. The number of nitrogens with zero attached hydrogens (tertiary/aromatic N) is 5. The third-order valence-electron chi connectivity index (χ3n) is 6.91. The number of fused-ring (bicyclic) bond motifs is 1. The lowest BCUT2D eigenvalue weighted by Gasteiger charge is -2.34. The van der Waals surface area contributed by atoms with Crippen LogP contribution >= 0.6 is 0 Å². The fourth-order valence-electron chi connectivity index (χ4n) is 5.11. The SMILES string of the molecule is C#Cc1ncc2cc(Cc3ccc(N4CCN([11CH3])CC4)cc3)n(C3CCCCC3)c2n1. The van der Waals surface area contributed by atoms with Gasteiger partial charge in [0, 0.05) is 61.6 Å². The molecule has 3 heterocycles. The zero-order valence-corrected chi connectivity index (χ0v) is 18.4. The van der Waals surface area contributed by atoms with Crippen molar-refractivity contribution >= 4 is 16.7 Å². The summed E-state index contributed by atoms with van der Waals surface area (Å²) >= 11 is 0. The topological polar surface area (TPSA) is 37.2 Å². The Hall–Kier alpha value is -2.84. The van der Waals surface area contributed by atoms with Gasteiger partial charge in [-0.2, -0.15) is 0 Å². The molecule has 2 aromatic heterocycles. The molecule has 2 aliphatic rings. The number of hydrogen-bond donors (Lipinski definition) is 0. The van der Waals surface area contributed by atoms with E-state index in [1.54, 1.807) is 0 Å². The molecule has 5 rings (SSSR count). The normalized spacial score (nSPS) is 18.4. The Balaban J connectivity index is 1.43. The molecule has 0 spiro atoms. The molecule has 1 saturated carbocycles. The summed E-state index contributed by atoms with van der Waals surface area (Å²) in [6.45, 7) is 4.46. The Kier molecular flexibility index (Phi) is 5.65. The second kappa shape index (κ2) is 8.72. The first-order valence-corrected chi connectivity index (χ1v) is 11.6. The summed E-state index contributed by atoms with van der Waals surface area (Å²) in [4.78, 5) is 13.9. The molecule has 1 aromatic carbocycles. The van der Waals surface area contributed by atoms with Crippen molar-refractivity contribution in [2.75, 3.05) is 38.1 Å². The molecule has 0 amide bonds. The Bertz CT molecular complexity index is 1080. The van der Waals surface area contributed by atoms with E-state index in [1.165, 1.54) is 49.0 Å². The van der Waals surface area contributed by atoms with Crippen LogP contribution in [0.3, 0.4) is 0 Å². The first-order chi connectivity index (χ1) is 15.2. The summed E-state index contributed by atoms with van der Waals surface area (Å²) in [5, 5.41) is 1.09. The van der Waals surface area contributed by atoms with Crippen molar-refractivity contribution in [3.05, 3.63) is 53.6 Å². The lowest BCUT2D eigenvalue weighted by molar-refractivity contribution is 0.313. The number of piperazine rings is 1. The number of terminal acetylenes is 1. The Morgan fingerprint density at radius 3 is 2.48 bits per heavy atom. The van der Waals surface area contributed by atoms with Crippen molar-refractivity contribution in [1.29, 1.82) is 0 Å². The number of aromatic nitrogens is 3. The van der Waals surface area contributed by atoms with Crippen LogP contribution < -0.4 is 4.90 Å². The minimum Gasteiger partial charge on any atom is -0.369 e. The summed E-state index contributed by atoms with van der Waals surface area (Å²) in [6, 6.07) is 11.9. The summed E-state index contributed by atoms with van der Waals surface area (Å²) in [7, 11) is 2.20. The molecule has 5 nitrogen and oxygen atoms in total. The highest BCUT2D eigenvalue weighted by molar-refractivity contribution is 5.77. The van der Waals surface area contributed by atoms with Gasteiger partial charge >= 0.3 is 0 Å². The fraction of sp³-hybridized carbons (Fsp3) is 0.462. The van der Waals surface area contributed by atoms with Crippen molar-refractivity contribution in [3.63, 3.8) is 0 Å². The van der Waals surface area contributed by atoms with Gasteiger partial charge in [0.1, 0.15) is 5.65 Å². The second-order valence-electron chi connectivity index (χ2n) is 9.05. The van der Waals surface area contributed by atoms with Crippen molar-refractivity contribution in [1.82, 2.24) is 19.4 Å². The maximum absolute atomic E-state index is 5.59. The van der Waals surface area contributed by atoms with E-state index in [9.17, 15) is 0 Å². The maximum atomic E-state index is 5.59. The van der Waals surface area contributed by atoms with Crippen molar-refractivity contribution in [2.45, 2.75) is 44.6 Å². The summed E-state index contributed by atoms with van der Waals surface area (Å²) in [5.41, 5.74) is 4.98. The Morgan fingerprint density at radius 1 is 1.03 bits per heavy atom. The number of likely N-dealkylation sites (N-methyl/N-ethyl adjacent to an activating group) is 1. The molecule has 2 fully saturated rings. The van der Waals surface area contributed by atoms with Crippen molar-refractivity contribution in [2.24, 2.45) is 0 Å². The van der Waals surface area contributed by atoms with E-state index >= 15 is 0 Å². The van der Waals surface area contributed by atoms with Crippen LogP contribution in [0.25, 0.3) is 11.0 Å². The van der Waals surface area contributed by atoms with Gasteiger partial charge in [0.15, 0.2) is 0 Å². The van der Waals surface area contributed by atoms with Gasteiger partial charge in [0.05, 0.1) is 0 Å². The van der Waals surface area contributed by atoms with Crippen molar-refractivity contribution < 1.29 is 0 Å². The van der Waals surface area contributed by atoms with Gasteiger partial charge in [0.2, 0.25) is 5.82 Å². The molecule has 0 atom stereocenters. The third kappa shape index (κ3) is 4.18. The van der Waals surface area contributed by atoms with E-state index in [4.69, 9.17) is 11.4 Å². The van der Waals surface area contributed by atoms with E-state index in [0.717, 1.165) is 43.6 Å². The molecule has 1 saturated heterocycles. The Labute approximate surface area is 185 Å². The minimum atomic E-state index is 0.478. The van der Waals surface area contributed by atoms with E-state index in [0.29, 0.717) is 11.9 Å². The van der Waals surface area contributed by atoms with E-state index < -0.39 is 0 Å². The van der Waals surface area contributed by atoms with Gasteiger partial charge in [-0.1, -0.05) is 31.4 Å². The van der Waals surface area contributed by atoms with E-state index in [1.807, 2.05) is 6.20 Å². The monoisotopic (exact) mass is 412 g/mol. The molecule has 31 heavy (non-hydrogen) atoms. The zero-order valence-electron chi connectivity index (χ0n) is 18.4. The average molecular weight is 413 g/mol. The van der Waals surface area contributed by atoms with Gasteiger partial charge in [-0.15, -0.1) is 6.42 Å². The van der Waals surface area contributed by atoms with Gasteiger partial charge in [-0.3, -0.25) is 0 Å². The van der Waals surface area contributed by atoms with Gasteiger partial charge in [-0.25, -0.2) is 9.97 Å². The van der Waals surface area contributed by atoms with Gasteiger partial charge in [0.25, 0.3) is 0 Å². The predicted octanol–water partition coefficient (Wildman–Crippen LogP) is 4.26. The van der Waals surface area contributed by atoms with Crippen LogP contribution in [-0.2, 0) is 6.42 Å². The standard InChI is InChI=1S/C26H31N5/c1-3-25-27-19-21-18-24(31(26(21)28-25)23-7-5-4-6-8-23)17-20-9-11-22(12-10-20)30-15-13-29(2)14-16-30/h1,9-12,18-19,23H,4-8,13-17H2,2H3/i2-1.